The first-order valence-corrected chi connectivity index (χ1v) is 4.21. The van der Waals surface area contributed by atoms with Gasteiger partial charge in [-0.3, -0.25) is 10.1 Å². The van der Waals surface area contributed by atoms with Gasteiger partial charge in [-0.05, 0) is 12.1 Å². The quantitative estimate of drug-likeness (QED) is 0.458. The Hall–Kier alpha value is -2.11. The Kier molecular flexibility index (Phi) is 3.61. The summed E-state index contributed by atoms with van der Waals surface area (Å²) in [5.41, 5.74) is 3.13. The summed E-state index contributed by atoms with van der Waals surface area (Å²) in [7, 11) is 3.04. The molecule has 0 saturated heterocycles. The number of rotatable bonds is 4. The normalized spacial score (nSPS) is 10.3. The minimum Gasteiger partial charge on any atom is -0.490 e. The molecule has 0 aliphatic carbocycles. The zero-order valence-electron chi connectivity index (χ0n) is 8.43. The molecule has 0 heterocycles. The predicted octanol–water partition coefficient (Wildman–Crippen LogP) is 1.16. The highest BCUT2D eigenvalue weighted by atomic mass is 16.6. The van der Waals surface area contributed by atoms with Gasteiger partial charge >= 0.3 is 5.69 Å². The molecule has 0 aliphatic rings. The standard InChI is InChI=1S/C9H11N3O3/c1-10-11-6-7-3-4-9(15-2)8(5-7)12(13)14/h3-6,10H,1-2H3/b11-6+. The molecule has 0 aromatic heterocycles. The summed E-state index contributed by atoms with van der Waals surface area (Å²) >= 11 is 0. The summed E-state index contributed by atoms with van der Waals surface area (Å²) in [6.07, 6.45) is 1.49. The maximum atomic E-state index is 10.7. The lowest BCUT2D eigenvalue weighted by molar-refractivity contribution is -0.385. The summed E-state index contributed by atoms with van der Waals surface area (Å²) in [4.78, 5) is 10.2. The Morgan fingerprint density at radius 1 is 1.60 bits per heavy atom. The minimum atomic E-state index is -0.491. The Balaban J connectivity index is 3.10. The molecule has 6 nitrogen and oxygen atoms in total. The molecule has 0 bridgehead atoms. The molecule has 1 rings (SSSR count). The number of hydrazone groups is 1. The van der Waals surface area contributed by atoms with Crippen LogP contribution in [-0.2, 0) is 0 Å². The third kappa shape index (κ3) is 2.67. The van der Waals surface area contributed by atoms with Gasteiger partial charge in [0.2, 0.25) is 0 Å². The fourth-order valence-corrected chi connectivity index (χ4v) is 1.07. The highest BCUT2D eigenvalue weighted by molar-refractivity contribution is 5.81. The van der Waals surface area contributed by atoms with E-state index in [1.165, 1.54) is 25.5 Å². The van der Waals surface area contributed by atoms with Gasteiger partial charge < -0.3 is 10.2 Å². The molecule has 0 amide bonds. The van der Waals surface area contributed by atoms with Crippen molar-refractivity contribution in [2.75, 3.05) is 14.2 Å². The summed E-state index contributed by atoms with van der Waals surface area (Å²) in [5, 5.41) is 14.4. The highest BCUT2D eigenvalue weighted by Gasteiger charge is 2.14. The van der Waals surface area contributed by atoms with Crippen molar-refractivity contribution in [2.24, 2.45) is 5.10 Å². The zero-order chi connectivity index (χ0) is 11.3. The van der Waals surface area contributed by atoms with Crippen LogP contribution in [0.3, 0.4) is 0 Å². The van der Waals surface area contributed by atoms with Crippen LogP contribution in [0, 0.1) is 10.1 Å². The van der Waals surface area contributed by atoms with E-state index in [0.717, 1.165) is 0 Å². The molecule has 1 aromatic carbocycles. The van der Waals surface area contributed by atoms with Gasteiger partial charge in [0.25, 0.3) is 0 Å². The molecule has 0 saturated carbocycles. The second kappa shape index (κ2) is 4.94. The Bertz CT molecular complexity index is 390. The molecule has 1 aromatic rings. The molecule has 0 aliphatic heterocycles. The van der Waals surface area contributed by atoms with Crippen LogP contribution in [0.5, 0.6) is 5.75 Å². The fraction of sp³-hybridized carbons (Fsp3) is 0.222. The van der Waals surface area contributed by atoms with Gasteiger partial charge in [0.05, 0.1) is 18.2 Å². The van der Waals surface area contributed by atoms with Crippen molar-refractivity contribution in [3.8, 4) is 5.75 Å². The van der Waals surface area contributed by atoms with E-state index in [4.69, 9.17) is 4.74 Å². The zero-order valence-corrected chi connectivity index (χ0v) is 8.43. The van der Waals surface area contributed by atoms with Crippen molar-refractivity contribution in [1.29, 1.82) is 0 Å². The number of hydrogen-bond acceptors (Lipinski definition) is 5. The van der Waals surface area contributed by atoms with E-state index in [2.05, 4.69) is 10.5 Å². The molecular weight excluding hydrogens is 198 g/mol. The summed E-state index contributed by atoms with van der Waals surface area (Å²) < 4.78 is 4.86. The van der Waals surface area contributed by atoms with E-state index < -0.39 is 4.92 Å². The number of nitrogens with zero attached hydrogens (tertiary/aromatic N) is 2. The van der Waals surface area contributed by atoms with Crippen LogP contribution in [0.2, 0.25) is 0 Å². The van der Waals surface area contributed by atoms with Crippen LogP contribution in [-0.4, -0.2) is 25.3 Å². The summed E-state index contributed by atoms with van der Waals surface area (Å²) in [5.74, 6) is 0.238. The maximum absolute atomic E-state index is 10.7. The smallest absolute Gasteiger partial charge is 0.311 e. The average Bonchev–Trinajstić information content (AvgIpc) is 2.25. The van der Waals surface area contributed by atoms with Gasteiger partial charge in [0.1, 0.15) is 0 Å². The van der Waals surface area contributed by atoms with E-state index in [9.17, 15) is 10.1 Å². The summed E-state index contributed by atoms with van der Waals surface area (Å²) in [6.45, 7) is 0. The van der Waals surface area contributed by atoms with Gasteiger partial charge in [-0.15, -0.1) is 0 Å². The summed E-state index contributed by atoms with van der Waals surface area (Å²) in [6, 6.07) is 4.63. The molecule has 0 unspecified atom stereocenters. The first-order valence-electron chi connectivity index (χ1n) is 4.21. The van der Waals surface area contributed by atoms with Gasteiger partial charge in [-0.1, -0.05) is 0 Å². The number of ether oxygens (including phenoxy) is 1. The number of benzene rings is 1. The first-order chi connectivity index (χ1) is 7.19. The largest absolute Gasteiger partial charge is 0.490 e. The van der Waals surface area contributed by atoms with Crippen LogP contribution in [0.4, 0.5) is 5.69 Å². The molecule has 80 valence electrons. The third-order valence-electron chi connectivity index (χ3n) is 1.74. The topological polar surface area (TPSA) is 76.8 Å². The van der Waals surface area contributed by atoms with Crippen LogP contribution in [0.1, 0.15) is 5.56 Å². The molecular formula is C9H11N3O3. The van der Waals surface area contributed by atoms with Crippen LogP contribution in [0.15, 0.2) is 23.3 Å². The lowest BCUT2D eigenvalue weighted by Crippen LogP contribution is -1.97. The predicted molar refractivity (Wildman–Crippen MR) is 56.3 cm³/mol. The van der Waals surface area contributed by atoms with Crippen LogP contribution < -0.4 is 10.2 Å². The number of nitro groups is 1. The molecule has 0 atom stereocenters. The van der Waals surface area contributed by atoms with Crippen molar-refractivity contribution in [3.05, 3.63) is 33.9 Å². The van der Waals surface area contributed by atoms with Crippen molar-refractivity contribution < 1.29 is 9.66 Å². The van der Waals surface area contributed by atoms with Gasteiger partial charge in [0, 0.05) is 18.7 Å². The van der Waals surface area contributed by atoms with Gasteiger partial charge in [-0.2, -0.15) is 5.10 Å². The van der Waals surface area contributed by atoms with E-state index in [-0.39, 0.29) is 11.4 Å². The molecule has 15 heavy (non-hydrogen) atoms. The second-order valence-corrected chi connectivity index (χ2v) is 2.67. The van der Waals surface area contributed by atoms with Crippen molar-refractivity contribution in [3.63, 3.8) is 0 Å². The first kappa shape index (κ1) is 11.0. The molecule has 6 heteroatoms. The fourth-order valence-electron chi connectivity index (χ4n) is 1.07. The third-order valence-corrected chi connectivity index (χ3v) is 1.74. The molecule has 0 fully saturated rings. The van der Waals surface area contributed by atoms with Gasteiger partial charge in [-0.25, -0.2) is 0 Å². The van der Waals surface area contributed by atoms with Crippen LogP contribution in [0.25, 0.3) is 0 Å². The maximum Gasteiger partial charge on any atom is 0.311 e. The number of hydrogen-bond donors (Lipinski definition) is 1. The second-order valence-electron chi connectivity index (χ2n) is 2.67. The van der Waals surface area contributed by atoms with Gasteiger partial charge in [0.15, 0.2) is 5.75 Å². The Labute approximate surface area is 86.7 Å². The number of nitro benzene ring substituents is 1. The van der Waals surface area contributed by atoms with E-state index in [1.807, 2.05) is 0 Å². The van der Waals surface area contributed by atoms with Crippen molar-refractivity contribution in [1.82, 2.24) is 5.43 Å². The van der Waals surface area contributed by atoms with E-state index in [1.54, 1.807) is 13.1 Å². The SMILES string of the molecule is CN/N=C/c1ccc(OC)c([N+](=O)[O-])c1. The lowest BCUT2D eigenvalue weighted by Gasteiger charge is -2.01. The molecule has 0 radical (unpaired) electrons. The Morgan fingerprint density at radius 2 is 2.33 bits per heavy atom. The lowest BCUT2D eigenvalue weighted by atomic mass is 10.2. The van der Waals surface area contributed by atoms with E-state index >= 15 is 0 Å². The van der Waals surface area contributed by atoms with Crippen molar-refractivity contribution >= 4 is 11.9 Å². The Morgan fingerprint density at radius 3 is 2.87 bits per heavy atom. The number of methoxy groups -OCH3 is 1. The molecule has 0 spiro atoms. The van der Waals surface area contributed by atoms with Crippen LogP contribution >= 0.6 is 0 Å². The highest BCUT2D eigenvalue weighted by Crippen LogP contribution is 2.26. The monoisotopic (exact) mass is 209 g/mol. The average molecular weight is 209 g/mol. The minimum absolute atomic E-state index is 0.0717. The molecule has 1 N–H and O–H groups in total. The number of nitrogens with one attached hydrogen (secondary N) is 1. The van der Waals surface area contributed by atoms with Crippen molar-refractivity contribution in [2.45, 2.75) is 0 Å². The van der Waals surface area contributed by atoms with E-state index in [0.29, 0.717) is 5.56 Å².